The summed E-state index contributed by atoms with van der Waals surface area (Å²) in [6, 6.07) is 13.1. The van der Waals surface area contributed by atoms with Crippen molar-refractivity contribution in [2.45, 2.75) is 51.7 Å². The van der Waals surface area contributed by atoms with E-state index >= 15 is 0 Å². The Balaban J connectivity index is 1.80. The Kier molecular flexibility index (Phi) is 8.18. The van der Waals surface area contributed by atoms with Crippen LogP contribution >= 0.6 is 27.7 Å². The van der Waals surface area contributed by atoms with Crippen molar-refractivity contribution >= 4 is 45.2 Å². The van der Waals surface area contributed by atoms with E-state index in [4.69, 9.17) is 14.8 Å². The number of nitrogens with one attached hydrogen (secondary N) is 2. The molecule has 1 aliphatic rings. The van der Waals surface area contributed by atoms with Gasteiger partial charge in [0.05, 0.1) is 12.2 Å². The standard InChI is InChI=1S/C26H30BrN5O2S/c1-5-7-13-35-26-30-25-28-17(4)22(24(33)29-19-10-8-9-16(3)14-19)23(32(25)31-26)20-15-18(27)11-12-21(20)34-6-2/h8-12,14-15,23H,5-7,13H2,1-4H3,(H,29,33)(H,28,30,31). The average Bonchev–Trinajstić information content (AvgIpc) is 3.22. The minimum atomic E-state index is -0.511. The third-order valence-corrected chi connectivity index (χ3v) is 7.07. The van der Waals surface area contributed by atoms with Gasteiger partial charge in [-0.25, -0.2) is 4.68 Å². The number of benzene rings is 2. The second kappa shape index (κ2) is 11.3. The van der Waals surface area contributed by atoms with Crippen LogP contribution in [0.15, 0.2) is 63.4 Å². The van der Waals surface area contributed by atoms with Crippen molar-refractivity contribution in [3.63, 3.8) is 0 Å². The highest BCUT2D eigenvalue weighted by molar-refractivity contribution is 9.10. The Morgan fingerprint density at radius 1 is 1.23 bits per heavy atom. The quantitative estimate of drug-likeness (QED) is 0.229. The average molecular weight is 557 g/mol. The number of unbranched alkanes of at least 4 members (excludes halogenated alkanes) is 1. The van der Waals surface area contributed by atoms with Crippen molar-refractivity contribution in [3.05, 3.63) is 69.3 Å². The van der Waals surface area contributed by atoms with Crippen LogP contribution in [-0.2, 0) is 4.79 Å². The van der Waals surface area contributed by atoms with Gasteiger partial charge in [-0.05, 0) is 63.1 Å². The lowest BCUT2D eigenvalue weighted by molar-refractivity contribution is -0.113. The number of carbonyl (C=O) groups excluding carboxylic acids is 1. The molecule has 7 nitrogen and oxygen atoms in total. The van der Waals surface area contributed by atoms with Crippen molar-refractivity contribution in [2.24, 2.45) is 0 Å². The number of anilines is 2. The van der Waals surface area contributed by atoms with Crippen LogP contribution in [0.1, 0.15) is 50.8 Å². The summed E-state index contributed by atoms with van der Waals surface area (Å²) in [4.78, 5) is 18.4. The Hall–Kier alpha value is -2.78. The number of thioether (sulfide) groups is 1. The van der Waals surface area contributed by atoms with E-state index in [1.54, 1.807) is 16.4 Å². The van der Waals surface area contributed by atoms with Crippen LogP contribution < -0.4 is 15.4 Å². The van der Waals surface area contributed by atoms with Gasteiger partial charge in [0.1, 0.15) is 11.8 Å². The monoisotopic (exact) mass is 555 g/mol. The molecule has 1 atom stereocenters. The first-order valence-corrected chi connectivity index (χ1v) is 13.6. The molecule has 0 saturated carbocycles. The second-order valence-electron chi connectivity index (χ2n) is 8.37. The van der Waals surface area contributed by atoms with Crippen molar-refractivity contribution in [2.75, 3.05) is 23.0 Å². The zero-order chi connectivity index (χ0) is 24.9. The Bertz CT molecular complexity index is 1260. The maximum absolute atomic E-state index is 13.7. The molecular weight excluding hydrogens is 526 g/mol. The van der Waals surface area contributed by atoms with E-state index in [1.165, 1.54) is 0 Å². The number of carbonyl (C=O) groups is 1. The zero-order valence-corrected chi connectivity index (χ0v) is 22.8. The first-order chi connectivity index (χ1) is 16.9. The van der Waals surface area contributed by atoms with Crippen molar-refractivity contribution < 1.29 is 9.53 Å². The van der Waals surface area contributed by atoms with Crippen molar-refractivity contribution in [3.8, 4) is 5.75 Å². The molecule has 0 fully saturated rings. The number of aryl methyl sites for hydroxylation is 1. The molecule has 2 heterocycles. The fourth-order valence-corrected chi connectivity index (χ4v) is 5.31. The lowest BCUT2D eigenvalue weighted by atomic mass is 9.94. The Morgan fingerprint density at radius 3 is 2.80 bits per heavy atom. The normalized spacial score (nSPS) is 14.9. The molecule has 3 aromatic rings. The molecule has 1 aliphatic heterocycles. The number of aromatic nitrogens is 3. The zero-order valence-electron chi connectivity index (χ0n) is 20.4. The summed E-state index contributed by atoms with van der Waals surface area (Å²) in [5.74, 6) is 2.06. The van der Waals surface area contributed by atoms with Gasteiger partial charge in [0.25, 0.3) is 5.91 Å². The molecule has 0 spiro atoms. The van der Waals surface area contributed by atoms with E-state index in [1.807, 2.05) is 63.2 Å². The number of amides is 1. The van der Waals surface area contributed by atoms with E-state index in [9.17, 15) is 4.79 Å². The van der Waals surface area contributed by atoms with E-state index in [0.29, 0.717) is 29.0 Å². The van der Waals surface area contributed by atoms with Crippen LogP contribution in [0.25, 0.3) is 0 Å². The van der Waals surface area contributed by atoms with Gasteiger partial charge in [0.2, 0.25) is 11.1 Å². The van der Waals surface area contributed by atoms with Gasteiger partial charge in [0.15, 0.2) is 0 Å². The lowest BCUT2D eigenvalue weighted by Crippen LogP contribution is -2.31. The third-order valence-electron chi connectivity index (χ3n) is 5.65. The summed E-state index contributed by atoms with van der Waals surface area (Å²) in [7, 11) is 0. The van der Waals surface area contributed by atoms with Gasteiger partial charge in [-0.3, -0.25) is 4.79 Å². The minimum absolute atomic E-state index is 0.200. The fourth-order valence-electron chi connectivity index (χ4n) is 4.02. The summed E-state index contributed by atoms with van der Waals surface area (Å²) in [5.41, 5.74) is 3.95. The number of allylic oxidation sites excluding steroid dienone is 1. The topological polar surface area (TPSA) is 81.1 Å². The highest BCUT2D eigenvalue weighted by Crippen LogP contribution is 2.41. The number of hydrogen-bond acceptors (Lipinski definition) is 6. The van der Waals surface area contributed by atoms with Gasteiger partial charge in [-0.2, -0.15) is 4.98 Å². The molecule has 1 amide bonds. The van der Waals surface area contributed by atoms with Crippen LogP contribution in [-0.4, -0.2) is 33.0 Å². The first-order valence-electron chi connectivity index (χ1n) is 11.8. The molecule has 0 bridgehead atoms. The smallest absolute Gasteiger partial charge is 0.255 e. The highest BCUT2D eigenvalue weighted by Gasteiger charge is 2.36. The number of rotatable bonds is 9. The van der Waals surface area contributed by atoms with Crippen LogP contribution in [0.3, 0.4) is 0 Å². The molecule has 0 saturated heterocycles. The maximum atomic E-state index is 13.7. The Morgan fingerprint density at radius 2 is 2.06 bits per heavy atom. The fraction of sp³-hybridized carbons (Fsp3) is 0.346. The summed E-state index contributed by atoms with van der Waals surface area (Å²) >= 11 is 5.22. The molecule has 2 aromatic carbocycles. The molecular formula is C26H30BrN5O2S. The molecule has 0 aliphatic carbocycles. The van der Waals surface area contributed by atoms with E-state index < -0.39 is 6.04 Å². The number of fused-ring (bicyclic) bond motifs is 1. The van der Waals surface area contributed by atoms with E-state index in [0.717, 1.165) is 45.6 Å². The van der Waals surface area contributed by atoms with Crippen LogP contribution in [0.4, 0.5) is 11.6 Å². The maximum Gasteiger partial charge on any atom is 0.255 e. The van der Waals surface area contributed by atoms with Crippen molar-refractivity contribution in [1.29, 1.82) is 0 Å². The van der Waals surface area contributed by atoms with E-state index in [-0.39, 0.29) is 5.91 Å². The third kappa shape index (κ3) is 5.73. The SMILES string of the molecule is CCCCSc1nc2n(n1)C(c1cc(Br)ccc1OCC)C(C(=O)Nc1cccc(C)c1)=C(C)N2. The lowest BCUT2D eigenvalue weighted by Gasteiger charge is -2.29. The highest BCUT2D eigenvalue weighted by atomic mass is 79.9. The van der Waals surface area contributed by atoms with Crippen LogP contribution in [0, 0.1) is 6.92 Å². The number of halogens is 1. The number of hydrogen-bond donors (Lipinski definition) is 2. The Labute approximate surface area is 218 Å². The van der Waals surface area contributed by atoms with Crippen LogP contribution in [0.2, 0.25) is 0 Å². The predicted molar refractivity (Wildman–Crippen MR) is 145 cm³/mol. The molecule has 9 heteroatoms. The minimum Gasteiger partial charge on any atom is -0.494 e. The number of nitrogens with zero attached hydrogens (tertiary/aromatic N) is 3. The van der Waals surface area contributed by atoms with Gasteiger partial charge >= 0.3 is 0 Å². The van der Waals surface area contributed by atoms with E-state index in [2.05, 4.69) is 33.5 Å². The van der Waals surface area contributed by atoms with Crippen molar-refractivity contribution in [1.82, 2.24) is 14.8 Å². The summed E-state index contributed by atoms with van der Waals surface area (Å²) in [6.45, 7) is 8.53. The molecule has 0 radical (unpaired) electrons. The van der Waals surface area contributed by atoms with Gasteiger partial charge in [-0.1, -0.05) is 53.2 Å². The summed E-state index contributed by atoms with van der Waals surface area (Å²) < 4.78 is 8.68. The molecule has 184 valence electrons. The number of ether oxygens (including phenoxy) is 1. The first kappa shape index (κ1) is 25.3. The second-order valence-corrected chi connectivity index (χ2v) is 10.3. The van der Waals surface area contributed by atoms with Crippen LogP contribution in [0.5, 0.6) is 5.75 Å². The molecule has 35 heavy (non-hydrogen) atoms. The molecule has 2 N–H and O–H groups in total. The predicted octanol–water partition coefficient (Wildman–Crippen LogP) is 6.57. The molecule has 1 unspecified atom stereocenters. The summed E-state index contributed by atoms with van der Waals surface area (Å²) in [6.07, 6.45) is 2.20. The summed E-state index contributed by atoms with van der Waals surface area (Å²) in [5, 5.41) is 11.9. The molecule has 4 rings (SSSR count). The van der Waals surface area contributed by atoms with Gasteiger partial charge in [-0.15, -0.1) is 5.10 Å². The molecule has 1 aromatic heterocycles. The largest absolute Gasteiger partial charge is 0.494 e. The van der Waals surface area contributed by atoms with Gasteiger partial charge < -0.3 is 15.4 Å². The van der Waals surface area contributed by atoms with Gasteiger partial charge in [0, 0.05) is 27.2 Å².